The van der Waals surface area contributed by atoms with Crippen LogP contribution in [-0.4, -0.2) is 8.07 Å². The second-order valence-electron chi connectivity index (χ2n) is 7.66. The van der Waals surface area contributed by atoms with E-state index in [0.29, 0.717) is 0 Å². The number of allylic oxidation sites excluding steroid dienone is 1. The van der Waals surface area contributed by atoms with E-state index in [0.717, 1.165) is 6.42 Å². The Morgan fingerprint density at radius 1 is 1.00 bits per heavy atom. The first kappa shape index (κ1) is 20.8. The highest BCUT2D eigenvalue weighted by atomic mass is 79.9. The third kappa shape index (κ3) is 9.56. The number of furan rings is 1. The fraction of sp³-hybridized carbons (Fsp3) is 0.700. The van der Waals surface area contributed by atoms with Crippen LogP contribution in [-0.2, 0) is 0 Å². The second-order valence-corrected chi connectivity index (χ2v) is 13.7. The molecule has 3 heteroatoms. The molecule has 0 aromatic carbocycles. The fourth-order valence-electron chi connectivity index (χ4n) is 2.68. The molecule has 23 heavy (non-hydrogen) atoms. The molecule has 0 N–H and O–H groups in total. The predicted octanol–water partition coefficient (Wildman–Crippen LogP) is 7.48. The quantitative estimate of drug-likeness (QED) is 0.262. The highest BCUT2D eigenvalue weighted by molar-refractivity contribution is 9.11. The van der Waals surface area contributed by atoms with E-state index in [-0.39, 0.29) is 0 Å². The molecule has 1 heterocycles. The normalized spacial score (nSPS) is 12.8. The van der Waals surface area contributed by atoms with Crippen LogP contribution in [0.5, 0.6) is 0 Å². The Hall–Kier alpha value is -0.283. The van der Waals surface area contributed by atoms with E-state index in [4.69, 9.17) is 4.42 Å². The van der Waals surface area contributed by atoms with E-state index in [1.165, 1.54) is 73.2 Å². The first-order valence-electron chi connectivity index (χ1n) is 9.38. The summed E-state index contributed by atoms with van der Waals surface area (Å²) in [6.07, 6.45) is 17.7. The molecule has 0 saturated carbocycles. The molecule has 0 atom stereocenters. The molecule has 0 fully saturated rings. The third-order valence-electron chi connectivity index (χ3n) is 4.20. The molecule has 0 radical (unpaired) electrons. The third-order valence-corrected chi connectivity index (χ3v) is 6.57. The maximum absolute atomic E-state index is 5.72. The van der Waals surface area contributed by atoms with Gasteiger partial charge in [-0.1, -0.05) is 93.9 Å². The number of hydrogen-bond acceptors (Lipinski definition) is 1. The zero-order chi connectivity index (χ0) is 17.1. The summed E-state index contributed by atoms with van der Waals surface area (Å²) in [4.78, 5) is 0. The Bertz CT molecular complexity index is 456. The van der Waals surface area contributed by atoms with Crippen LogP contribution in [0.1, 0.15) is 76.7 Å². The van der Waals surface area contributed by atoms with E-state index < -0.39 is 8.07 Å². The van der Waals surface area contributed by atoms with Gasteiger partial charge in [-0.2, -0.15) is 0 Å². The summed E-state index contributed by atoms with van der Waals surface area (Å²) in [5, 5.41) is 1.19. The Kier molecular flexibility index (Phi) is 10.2. The maximum Gasteiger partial charge on any atom is 0.123 e. The summed E-state index contributed by atoms with van der Waals surface area (Å²) in [5.41, 5.74) is 1.20. The topological polar surface area (TPSA) is 13.1 Å². The SMILES string of the molecule is CCCCCCCCCCC/C(Br)=C/c1coc([Si](C)(C)C)c1. The minimum absolute atomic E-state index is 1.14. The lowest BCUT2D eigenvalue weighted by atomic mass is 10.1. The van der Waals surface area contributed by atoms with Crippen molar-refractivity contribution >= 4 is 35.5 Å². The summed E-state index contributed by atoms with van der Waals surface area (Å²) in [6, 6.07) is 2.21. The first-order valence-corrected chi connectivity index (χ1v) is 13.7. The molecule has 1 nitrogen and oxygen atoms in total. The predicted molar refractivity (Wildman–Crippen MR) is 110 cm³/mol. The summed E-state index contributed by atoms with van der Waals surface area (Å²) >= 11 is 3.72. The van der Waals surface area contributed by atoms with Crippen molar-refractivity contribution in [1.29, 1.82) is 0 Å². The highest BCUT2D eigenvalue weighted by Crippen LogP contribution is 2.20. The van der Waals surface area contributed by atoms with Gasteiger partial charge in [0.05, 0.1) is 11.6 Å². The number of hydrogen-bond donors (Lipinski definition) is 0. The second kappa shape index (κ2) is 11.3. The molecule has 0 bridgehead atoms. The molecule has 1 aromatic heterocycles. The van der Waals surface area contributed by atoms with Gasteiger partial charge < -0.3 is 4.42 Å². The van der Waals surface area contributed by atoms with Crippen LogP contribution in [0, 0.1) is 0 Å². The van der Waals surface area contributed by atoms with E-state index in [1.807, 2.05) is 6.26 Å². The molecular formula is C20H35BrOSi. The smallest absolute Gasteiger partial charge is 0.123 e. The largest absolute Gasteiger partial charge is 0.474 e. The molecule has 1 rings (SSSR count). The summed E-state index contributed by atoms with van der Waals surface area (Å²) in [5.74, 6) is 0. The van der Waals surface area contributed by atoms with Crippen LogP contribution in [0.2, 0.25) is 19.6 Å². The van der Waals surface area contributed by atoms with E-state index in [1.54, 1.807) is 0 Å². The molecule has 0 saturated heterocycles. The lowest BCUT2D eigenvalue weighted by Crippen LogP contribution is -2.36. The summed E-state index contributed by atoms with van der Waals surface area (Å²) in [7, 11) is -1.33. The van der Waals surface area contributed by atoms with Crippen LogP contribution in [0.25, 0.3) is 6.08 Å². The zero-order valence-electron chi connectivity index (χ0n) is 15.6. The number of rotatable bonds is 12. The molecule has 0 aliphatic rings. The van der Waals surface area contributed by atoms with Gasteiger partial charge in [-0.05, 0) is 29.5 Å². The van der Waals surface area contributed by atoms with Crippen molar-refractivity contribution in [2.75, 3.05) is 0 Å². The van der Waals surface area contributed by atoms with Crippen LogP contribution in [0.15, 0.2) is 21.2 Å². The highest BCUT2D eigenvalue weighted by Gasteiger charge is 2.20. The number of unbranched alkanes of at least 4 members (excludes halogenated alkanes) is 8. The Labute approximate surface area is 153 Å². The fourth-order valence-corrected chi connectivity index (χ4v) is 4.23. The van der Waals surface area contributed by atoms with Crippen molar-refractivity contribution in [3.63, 3.8) is 0 Å². The maximum atomic E-state index is 5.72. The molecule has 0 unspecified atom stereocenters. The average Bonchev–Trinajstić information content (AvgIpc) is 2.94. The van der Waals surface area contributed by atoms with Gasteiger partial charge in [0.1, 0.15) is 8.07 Å². The van der Waals surface area contributed by atoms with Crippen molar-refractivity contribution in [2.45, 2.75) is 90.8 Å². The Balaban J connectivity index is 2.16. The van der Waals surface area contributed by atoms with E-state index in [9.17, 15) is 0 Å². The van der Waals surface area contributed by atoms with Crippen molar-refractivity contribution in [3.8, 4) is 0 Å². The van der Waals surface area contributed by atoms with Gasteiger partial charge in [-0.15, -0.1) is 0 Å². The number of halogens is 1. The molecule has 0 aliphatic heterocycles. The minimum atomic E-state index is -1.33. The Morgan fingerprint density at radius 2 is 1.57 bits per heavy atom. The lowest BCUT2D eigenvalue weighted by Gasteiger charge is -2.10. The molecule has 1 aromatic rings. The van der Waals surface area contributed by atoms with Gasteiger partial charge >= 0.3 is 0 Å². The summed E-state index contributed by atoms with van der Waals surface area (Å²) in [6.45, 7) is 9.23. The lowest BCUT2D eigenvalue weighted by molar-refractivity contribution is 0.566. The molecule has 132 valence electrons. The monoisotopic (exact) mass is 398 g/mol. The van der Waals surface area contributed by atoms with Crippen LogP contribution < -0.4 is 5.38 Å². The molecule has 0 spiro atoms. The molecule has 0 amide bonds. The van der Waals surface area contributed by atoms with Crippen LogP contribution in [0.4, 0.5) is 0 Å². The van der Waals surface area contributed by atoms with Crippen LogP contribution >= 0.6 is 15.9 Å². The standard InChI is InChI=1S/C20H35BrOSi/c1-5-6-7-8-9-10-11-12-13-14-19(21)15-18-16-20(22-17-18)23(2,3)4/h15-17H,5-14H2,1-4H3/b19-15-. The van der Waals surface area contributed by atoms with Gasteiger partial charge in [0.25, 0.3) is 0 Å². The van der Waals surface area contributed by atoms with Gasteiger partial charge in [-0.25, -0.2) is 0 Å². The van der Waals surface area contributed by atoms with Gasteiger partial charge in [0, 0.05) is 5.56 Å². The van der Waals surface area contributed by atoms with E-state index >= 15 is 0 Å². The Morgan fingerprint density at radius 3 is 2.09 bits per heavy atom. The molecular weight excluding hydrogens is 364 g/mol. The van der Waals surface area contributed by atoms with Crippen LogP contribution in [0.3, 0.4) is 0 Å². The minimum Gasteiger partial charge on any atom is -0.474 e. The van der Waals surface area contributed by atoms with Gasteiger partial charge in [-0.3, -0.25) is 0 Å². The van der Waals surface area contributed by atoms with Crippen molar-refractivity contribution in [2.24, 2.45) is 0 Å². The van der Waals surface area contributed by atoms with Crippen molar-refractivity contribution in [3.05, 3.63) is 22.4 Å². The van der Waals surface area contributed by atoms with Gasteiger partial charge in [0.2, 0.25) is 0 Å². The van der Waals surface area contributed by atoms with Crippen molar-refractivity contribution < 1.29 is 4.42 Å². The first-order chi connectivity index (χ1) is 10.9. The zero-order valence-corrected chi connectivity index (χ0v) is 18.2. The summed E-state index contributed by atoms with van der Waals surface area (Å²) < 4.78 is 7.02. The van der Waals surface area contributed by atoms with E-state index in [2.05, 4.69) is 54.6 Å². The van der Waals surface area contributed by atoms with Crippen molar-refractivity contribution in [1.82, 2.24) is 0 Å². The molecule has 0 aliphatic carbocycles. The van der Waals surface area contributed by atoms with Gasteiger partial charge in [0.15, 0.2) is 0 Å². The average molecular weight is 399 g/mol.